The second-order valence-corrected chi connectivity index (χ2v) is 9.13. The molecule has 2 heterocycles. The van der Waals surface area contributed by atoms with Crippen LogP contribution in [0.4, 0.5) is 5.69 Å². The highest BCUT2D eigenvalue weighted by Gasteiger charge is 2.51. The molecule has 6 nitrogen and oxygen atoms in total. The van der Waals surface area contributed by atoms with E-state index in [1.807, 2.05) is 54.6 Å². The summed E-state index contributed by atoms with van der Waals surface area (Å²) in [5, 5.41) is 3.78. The lowest BCUT2D eigenvalue weighted by atomic mass is 9.95. The number of nitrogens with zero attached hydrogens (tertiary/aromatic N) is 2. The summed E-state index contributed by atoms with van der Waals surface area (Å²) in [7, 11) is 1.34. The zero-order chi connectivity index (χ0) is 23.4. The van der Waals surface area contributed by atoms with Crippen LogP contribution in [0.1, 0.15) is 33.8 Å². The van der Waals surface area contributed by atoms with E-state index in [0.29, 0.717) is 35.0 Å². The molecule has 1 fully saturated rings. The minimum absolute atomic E-state index is 0.106. The van der Waals surface area contributed by atoms with Gasteiger partial charge < -0.3 is 10.1 Å². The van der Waals surface area contributed by atoms with Crippen molar-refractivity contribution in [2.45, 2.75) is 24.8 Å². The number of fused-ring (bicyclic) bond motifs is 1. The molecule has 2 aromatic heterocycles. The lowest BCUT2D eigenvalue weighted by Gasteiger charge is -2.18. The van der Waals surface area contributed by atoms with Gasteiger partial charge in [-0.1, -0.05) is 42.5 Å². The van der Waals surface area contributed by atoms with Gasteiger partial charge in [-0.05, 0) is 30.5 Å². The Bertz CT molecular complexity index is 1190. The van der Waals surface area contributed by atoms with Crippen LogP contribution in [0, 0.1) is 0 Å². The molecule has 7 heteroatoms. The van der Waals surface area contributed by atoms with Crippen molar-refractivity contribution in [2.75, 3.05) is 25.5 Å². The topological polar surface area (TPSA) is 71.5 Å². The highest BCUT2D eigenvalue weighted by molar-refractivity contribution is 7.21. The van der Waals surface area contributed by atoms with Crippen LogP contribution < -0.4 is 5.32 Å². The van der Waals surface area contributed by atoms with Crippen molar-refractivity contribution >= 4 is 39.1 Å². The second-order valence-electron chi connectivity index (χ2n) is 8.13. The SMILES string of the molecule is C=CCN(CC=C)Cc1ccc2c(NC(=O)C3(c4ccccc4)CC3)c(C(=O)OC)sc2n1. The molecule has 0 atom stereocenters. The van der Waals surface area contributed by atoms with Gasteiger partial charge in [0.05, 0.1) is 23.9 Å². The first-order valence-corrected chi connectivity index (χ1v) is 11.7. The average Bonchev–Trinajstić information content (AvgIpc) is 3.57. The zero-order valence-corrected chi connectivity index (χ0v) is 19.5. The van der Waals surface area contributed by atoms with Crippen LogP contribution in [0.3, 0.4) is 0 Å². The Morgan fingerprint density at radius 1 is 1.15 bits per heavy atom. The van der Waals surface area contributed by atoms with Crippen LogP contribution in [-0.4, -0.2) is 42.0 Å². The Hall–Kier alpha value is -3.29. The quantitative estimate of drug-likeness (QED) is 0.343. The maximum absolute atomic E-state index is 13.4. The van der Waals surface area contributed by atoms with Gasteiger partial charge in [0.2, 0.25) is 5.91 Å². The number of esters is 1. The number of methoxy groups -OCH3 is 1. The molecule has 0 aliphatic heterocycles. The predicted molar refractivity (Wildman–Crippen MR) is 133 cm³/mol. The summed E-state index contributed by atoms with van der Waals surface area (Å²) >= 11 is 1.23. The summed E-state index contributed by atoms with van der Waals surface area (Å²) in [6.45, 7) is 9.67. The first kappa shape index (κ1) is 22.9. The first-order valence-electron chi connectivity index (χ1n) is 10.8. The maximum Gasteiger partial charge on any atom is 0.350 e. The molecule has 0 saturated heterocycles. The number of amides is 1. The number of hydrogen-bond donors (Lipinski definition) is 1. The number of rotatable bonds is 10. The van der Waals surface area contributed by atoms with Gasteiger partial charge in [-0.2, -0.15) is 0 Å². The number of nitrogens with one attached hydrogen (secondary N) is 1. The van der Waals surface area contributed by atoms with E-state index >= 15 is 0 Å². The Kier molecular flexibility index (Phi) is 6.72. The fraction of sp³-hybridized carbons (Fsp3) is 0.269. The molecule has 33 heavy (non-hydrogen) atoms. The van der Waals surface area contributed by atoms with Crippen LogP contribution in [-0.2, 0) is 21.5 Å². The Labute approximate surface area is 197 Å². The summed E-state index contributed by atoms with van der Waals surface area (Å²) in [6.07, 6.45) is 5.25. The molecule has 3 aromatic rings. The molecule has 0 spiro atoms. The minimum Gasteiger partial charge on any atom is -0.465 e. The second kappa shape index (κ2) is 9.68. The summed E-state index contributed by atoms with van der Waals surface area (Å²) < 4.78 is 4.99. The molecule has 0 bridgehead atoms. The zero-order valence-electron chi connectivity index (χ0n) is 18.7. The summed E-state index contributed by atoms with van der Waals surface area (Å²) in [5.74, 6) is -0.592. The van der Waals surface area contributed by atoms with Gasteiger partial charge >= 0.3 is 5.97 Å². The summed E-state index contributed by atoms with van der Waals surface area (Å²) in [6, 6.07) is 13.6. The fourth-order valence-electron chi connectivity index (χ4n) is 4.03. The molecule has 1 aliphatic carbocycles. The van der Waals surface area contributed by atoms with Crippen molar-refractivity contribution in [3.05, 3.63) is 83.9 Å². The van der Waals surface area contributed by atoms with Crippen molar-refractivity contribution in [1.29, 1.82) is 0 Å². The summed E-state index contributed by atoms with van der Waals surface area (Å²) in [4.78, 5) is 33.8. The van der Waals surface area contributed by atoms with Gasteiger partial charge in [0.25, 0.3) is 0 Å². The molecule has 170 valence electrons. The third-order valence-electron chi connectivity index (χ3n) is 5.89. The van der Waals surface area contributed by atoms with E-state index in [1.54, 1.807) is 0 Å². The lowest BCUT2D eigenvalue weighted by Crippen LogP contribution is -2.28. The number of carbonyl (C=O) groups excluding carboxylic acids is 2. The van der Waals surface area contributed by atoms with Gasteiger partial charge in [0.1, 0.15) is 9.71 Å². The van der Waals surface area contributed by atoms with Gasteiger partial charge in [0.15, 0.2) is 0 Å². The third kappa shape index (κ3) is 4.60. The van der Waals surface area contributed by atoms with E-state index in [-0.39, 0.29) is 5.91 Å². The standard InChI is InChI=1S/C26H27N3O3S/c1-4-15-29(16-5-2)17-19-11-12-20-21(22(24(30)32-3)33-23(20)27-19)28-25(31)26(13-14-26)18-9-7-6-8-10-18/h4-12H,1-2,13-17H2,3H3,(H,28,31). The highest BCUT2D eigenvalue weighted by Crippen LogP contribution is 2.49. The molecule has 0 unspecified atom stereocenters. The maximum atomic E-state index is 13.4. The van der Waals surface area contributed by atoms with E-state index in [4.69, 9.17) is 9.72 Å². The van der Waals surface area contributed by atoms with E-state index in [9.17, 15) is 9.59 Å². The minimum atomic E-state index is -0.549. The monoisotopic (exact) mass is 461 g/mol. The van der Waals surface area contributed by atoms with Gasteiger partial charge in [-0.3, -0.25) is 9.69 Å². The van der Waals surface area contributed by atoms with Crippen molar-refractivity contribution < 1.29 is 14.3 Å². The average molecular weight is 462 g/mol. The number of aromatic nitrogens is 1. The number of ether oxygens (including phenoxy) is 1. The van der Waals surface area contributed by atoms with Crippen LogP contribution in [0.25, 0.3) is 10.2 Å². The van der Waals surface area contributed by atoms with Crippen molar-refractivity contribution in [3.63, 3.8) is 0 Å². The molecule has 1 amide bonds. The number of carbonyl (C=O) groups is 2. The smallest absolute Gasteiger partial charge is 0.350 e. The molecule has 1 aromatic carbocycles. The number of thiophene rings is 1. The molecular weight excluding hydrogens is 434 g/mol. The lowest BCUT2D eigenvalue weighted by molar-refractivity contribution is -0.118. The summed E-state index contributed by atoms with van der Waals surface area (Å²) in [5.41, 5.74) is 1.78. The largest absolute Gasteiger partial charge is 0.465 e. The van der Waals surface area contributed by atoms with Gasteiger partial charge in [0, 0.05) is 25.0 Å². The van der Waals surface area contributed by atoms with E-state index in [2.05, 4.69) is 23.4 Å². The van der Waals surface area contributed by atoms with Crippen LogP contribution in [0.2, 0.25) is 0 Å². The van der Waals surface area contributed by atoms with E-state index in [0.717, 1.165) is 29.5 Å². The third-order valence-corrected chi connectivity index (χ3v) is 6.97. The molecular formula is C26H27N3O3S. The fourth-order valence-corrected chi connectivity index (χ4v) is 5.09. The van der Waals surface area contributed by atoms with Gasteiger partial charge in [-0.15, -0.1) is 24.5 Å². The Morgan fingerprint density at radius 3 is 2.45 bits per heavy atom. The highest BCUT2D eigenvalue weighted by atomic mass is 32.1. The first-order chi connectivity index (χ1) is 16.0. The molecule has 1 saturated carbocycles. The normalized spacial score (nSPS) is 14.1. The molecule has 1 N–H and O–H groups in total. The van der Waals surface area contributed by atoms with Crippen LogP contribution in [0.5, 0.6) is 0 Å². The van der Waals surface area contributed by atoms with Crippen LogP contribution in [0.15, 0.2) is 67.8 Å². The van der Waals surface area contributed by atoms with Gasteiger partial charge in [-0.25, -0.2) is 9.78 Å². The van der Waals surface area contributed by atoms with Crippen molar-refractivity contribution in [1.82, 2.24) is 9.88 Å². The van der Waals surface area contributed by atoms with E-state index < -0.39 is 11.4 Å². The Morgan fingerprint density at radius 2 is 1.85 bits per heavy atom. The van der Waals surface area contributed by atoms with Crippen molar-refractivity contribution in [2.24, 2.45) is 0 Å². The molecule has 4 rings (SSSR count). The predicted octanol–water partition coefficient (Wildman–Crippen LogP) is 4.93. The van der Waals surface area contributed by atoms with Crippen molar-refractivity contribution in [3.8, 4) is 0 Å². The number of hydrogen-bond acceptors (Lipinski definition) is 6. The number of benzene rings is 1. The van der Waals surface area contributed by atoms with Crippen LogP contribution >= 0.6 is 11.3 Å². The molecule has 1 aliphatic rings. The molecule has 0 radical (unpaired) electrons. The number of anilines is 1. The number of pyridine rings is 1. The van der Waals surface area contributed by atoms with E-state index in [1.165, 1.54) is 18.4 Å². The Balaban J connectivity index is 1.67.